The van der Waals surface area contributed by atoms with E-state index in [1.165, 1.54) is 11.3 Å². The maximum absolute atomic E-state index is 12.2. The molecule has 5 nitrogen and oxygen atoms in total. The van der Waals surface area contributed by atoms with E-state index in [1.54, 1.807) is 19.4 Å². The summed E-state index contributed by atoms with van der Waals surface area (Å²) in [5.74, 6) is 0.600. The van der Waals surface area contributed by atoms with Gasteiger partial charge in [-0.15, -0.1) is 11.3 Å². The Labute approximate surface area is 148 Å². The molecule has 0 radical (unpaired) electrons. The number of nitrogens with one attached hydrogen (secondary N) is 1. The van der Waals surface area contributed by atoms with Crippen LogP contribution in [0.1, 0.15) is 5.56 Å². The molecule has 0 bridgehead atoms. The van der Waals surface area contributed by atoms with Crippen LogP contribution in [0, 0.1) is 0 Å². The Morgan fingerprint density at radius 2 is 2.21 bits per heavy atom. The van der Waals surface area contributed by atoms with Gasteiger partial charge < -0.3 is 10.1 Å². The lowest BCUT2D eigenvalue weighted by Crippen LogP contribution is -2.14. The van der Waals surface area contributed by atoms with Crippen LogP contribution in [0.4, 0.5) is 5.13 Å². The number of methoxy groups -OCH3 is 1. The van der Waals surface area contributed by atoms with E-state index < -0.39 is 0 Å². The van der Waals surface area contributed by atoms with Gasteiger partial charge in [-0.05, 0) is 29.8 Å². The number of carbonyl (C=O) groups excluding carboxylic acids is 1. The molecule has 1 N–H and O–H groups in total. The fraction of sp³-hybridized carbons (Fsp3) is 0.118. The van der Waals surface area contributed by atoms with Gasteiger partial charge >= 0.3 is 0 Å². The average molecular weight is 360 g/mol. The van der Waals surface area contributed by atoms with Crippen molar-refractivity contribution in [1.29, 1.82) is 0 Å². The van der Waals surface area contributed by atoms with Crippen LogP contribution in [0.2, 0.25) is 5.15 Å². The summed E-state index contributed by atoms with van der Waals surface area (Å²) in [6, 6.07) is 11.0. The standard InChI is InChI=1S/C17H14ClN3O2S/c1-23-13-4-2-3-11(7-13)8-16(22)21-17-20-14(10-24-17)12-5-6-19-15(18)9-12/h2-7,9-10H,8H2,1H3,(H,20,21,22). The van der Waals surface area contributed by atoms with E-state index in [0.29, 0.717) is 10.3 Å². The number of carbonyl (C=O) groups is 1. The molecule has 0 aliphatic carbocycles. The third kappa shape index (κ3) is 4.10. The van der Waals surface area contributed by atoms with Gasteiger partial charge in [0.05, 0.1) is 19.2 Å². The molecule has 0 saturated carbocycles. The summed E-state index contributed by atoms with van der Waals surface area (Å²) in [6.07, 6.45) is 1.88. The first-order valence-electron chi connectivity index (χ1n) is 7.14. The number of halogens is 1. The van der Waals surface area contributed by atoms with E-state index in [2.05, 4.69) is 15.3 Å². The Balaban J connectivity index is 1.67. The minimum absolute atomic E-state index is 0.128. The average Bonchev–Trinajstić information content (AvgIpc) is 3.03. The number of rotatable bonds is 5. The molecule has 0 aliphatic rings. The van der Waals surface area contributed by atoms with Crippen LogP contribution < -0.4 is 10.1 Å². The van der Waals surface area contributed by atoms with E-state index in [0.717, 1.165) is 22.6 Å². The molecule has 2 heterocycles. The largest absolute Gasteiger partial charge is 0.497 e. The smallest absolute Gasteiger partial charge is 0.230 e. The SMILES string of the molecule is COc1cccc(CC(=O)Nc2nc(-c3ccnc(Cl)c3)cs2)c1. The van der Waals surface area contributed by atoms with Crippen LogP contribution in [0.3, 0.4) is 0 Å². The molecule has 3 rings (SSSR count). The van der Waals surface area contributed by atoms with Crippen LogP contribution in [-0.4, -0.2) is 23.0 Å². The number of thiazole rings is 1. The highest BCUT2D eigenvalue weighted by Crippen LogP contribution is 2.26. The molecule has 0 aliphatic heterocycles. The minimum atomic E-state index is -0.128. The Morgan fingerprint density at radius 1 is 1.33 bits per heavy atom. The van der Waals surface area contributed by atoms with Crippen LogP contribution >= 0.6 is 22.9 Å². The van der Waals surface area contributed by atoms with E-state index in [9.17, 15) is 4.79 Å². The summed E-state index contributed by atoms with van der Waals surface area (Å²) in [7, 11) is 1.60. The second-order valence-corrected chi connectivity index (χ2v) is 6.23. The zero-order valence-corrected chi connectivity index (χ0v) is 14.4. The highest BCUT2D eigenvalue weighted by Gasteiger charge is 2.10. The van der Waals surface area contributed by atoms with Crippen molar-refractivity contribution in [3.05, 3.63) is 58.7 Å². The lowest BCUT2D eigenvalue weighted by atomic mass is 10.1. The van der Waals surface area contributed by atoms with Gasteiger partial charge in [0.2, 0.25) is 5.91 Å². The van der Waals surface area contributed by atoms with E-state index in [4.69, 9.17) is 16.3 Å². The molecule has 0 atom stereocenters. The monoisotopic (exact) mass is 359 g/mol. The molecular formula is C17H14ClN3O2S. The number of ether oxygens (including phenoxy) is 1. The maximum atomic E-state index is 12.2. The molecule has 24 heavy (non-hydrogen) atoms. The van der Waals surface area contributed by atoms with Crippen molar-refractivity contribution < 1.29 is 9.53 Å². The summed E-state index contributed by atoms with van der Waals surface area (Å²) in [6.45, 7) is 0. The van der Waals surface area contributed by atoms with Gasteiger partial charge in [0.25, 0.3) is 0 Å². The van der Waals surface area contributed by atoms with Crippen molar-refractivity contribution in [1.82, 2.24) is 9.97 Å². The molecule has 0 unspecified atom stereocenters. The van der Waals surface area contributed by atoms with Crippen molar-refractivity contribution in [2.45, 2.75) is 6.42 Å². The van der Waals surface area contributed by atoms with Crippen molar-refractivity contribution in [2.75, 3.05) is 12.4 Å². The summed E-state index contributed by atoms with van der Waals surface area (Å²) in [5, 5.41) is 5.63. The fourth-order valence-corrected chi connectivity index (χ4v) is 3.07. The van der Waals surface area contributed by atoms with Crippen molar-refractivity contribution in [3.8, 4) is 17.0 Å². The topological polar surface area (TPSA) is 64.1 Å². The lowest BCUT2D eigenvalue weighted by Gasteiger charge is -2.04. The van der Waals surface area contributed by atoms with Crippen molar-refractivity contribution >= 4 is 34.0 Å². The predicted molar refractivity (Wildman–Crippen MR) is 95.7 cm³/mol. The Morgan fingerprint density at radius 3 is 3.00 bits per heavy atom. The molecule has 1 aromatic carbocycles. The zero-order chi connectivity index (χ0) is 16.9. The van der Waals surface area contributed by atoms with Gasteiger partial charge in [-0.3, -0.25) is 4.79 Å². The van der Waals surface area contributed by atoms with Crippen LogP contribution in [0.5, 0.6) is 5.75 Å². The predicted octanol–water partition coefficient (Wildman–Crippen LogP) is 4.05. The van der Waals surface area contributed by atoms with Gasteiger partial charge in [-0.1, -0.05) is 23.7 Å². The van der Waals surface area contributed by atoms with Crippen molar-refractivity contribution in [3.63, 3.8) is 0 Å². The summed E-state index contributed by atoms with van der Waals surface area (Å²) >= 11 is 7.25. The highest BCUT2D eigenvalue weighted by atomic mass is 35.5. The second-order valence-electron chi connectivity index (χ2n) is 4.98. The Bertz CT molecular complexity index is 866. The van der Waals surface area contributed by atoms with Gasteiger partial charge in [-0.25, -0.2) is 9.97 Å². The summed E-state index contributed by atoms with van der Waals surface area (Å²) in [5.41, 5.74) is 2.49. The number of benzene rings is 1. The quantitative estimate of drug-likeness (QED) is 0.698. The molecular weight excluding hydrogens is 346 g/mol. The molecule has 7 heteroatoms. The summed E-state index contributed by atoms with van der Waals surface area (Å²) < 4.78 is 5.16. The minimum Gasteiger partial charge on any atom is -0.497 e. The van der Waals surface area contributed by atoms with Gasteiger partial charge in [0.1, 0.15) is 10.9 Å². The van der Waals surface area contributed by atoms with E-state index >= 15 is 0 Å². The number of pyridine rings is 1. The normalized spacial score (nSPS) is 10.4. The molecule has 122 valence electrons. The molecule has 2 aromatic heterocycles. The number of hydrogen-bond donors (Lipinski definition) is 1. The van der Waals surface area contributed by atoms with Gasteiger partial charge in [0.15, 0.2) is 5.13 Å². The fourth-order valence-electron chi connectivity index (χ4n) is 2.16. The van der Waals surface area contributed by atoms with E-state index in [-0.39, 0.29) is 12.3 Å². The third-order valence-corrected chi connectivity index (χ3v) is 4.24. The number of nitrogens with zero attached hydrogens (tertiary/aromatic N) is 2. The first-order valence-corrected chi connectivity index (χ1v) is 8.40. The number of hydrogen-bond acceptors (Lipinski definition) is 5. The van der Waals surface area contributed by atoms with Crippen LogP contribution in [0.15, 0.2) is 48.0 Å². The molecule has 1 amide bonds. The molecule has 0 fully saturated rings. The highest BCUT2D eigenvalue weighted by molar-refractivity contribution is 7.14. The Hall–Kier alpha value is -2.44. The molecule has 3 aromatic rings. The van der Waals surface area contributed by atoms with Gasteiger partial charge in [-0.2, -0.15) is 0 Å². The number of anilines is 1. The number of amides is 1. The maximum Gasteiger partial charge on any atom is 0.230 e. The second kappa shape index (κ2) is 7.42. The van der Waals surface area contributed by atoms with Gasteiger partial charge in [0, 0.05) is 17.1 Å². The summed E-state index contributed by atoms with van der Waals surface area (Å²) in [4.78, 5) is 20.5. The lowest BCUT2D eigenvalue weighted by molar-refractivity contribution is -0.115. The van der Waals surface area contributed by atoms with E-state index in [1.807, 2.05) is 35.7 Å². The molecule has 0 spiro atoms. The van der Waals surface area contributed by atoms with Crippen molar-refractivity contribution in [2.24, 2.45) is 0 Å². The zero-order valence-electron chi connectivity index (χ0n) is 12.8. The first kappa shape index (κ1) is 16.4. The Kier molecular flexibility index (Phi) is 5.08. The number of aromatic nitrogens is 2. The first-order chi connectivity index (χ1) is 11.6. The van der Waals surface area contributed by atoms with Crippen LogP contribution in [0.25, 0.3) is 11.3 Å². The third-order valence-electron chi connectivity index (χ3n) is 3.27. The van der Waals surface area contributed by atoms with Crippen LogP contribution in [-0.2, 0) is 11.2 Å². The molecule has 0 saturated heterocycles.